The van der Waals surface area contributed by atoms with Crippen molar-refractivity contribution in [1.29, 1.82) is 0 Å². The smallest absolute Gasteiger partial charge is 0.303 e. The van der Waals surface area contributed by atoms with Crippen LogP contribution in [0.15, 0.2) is 48.5 Å². The first-order valence-electron chi connectivity index (χ1n) is 12.3. The second-order valence-corrected chi connectivity index (χ2v) is 9.12. The lowest BCUT2D eigenvalue weighted by Gasteiger charge is -2.44. The molecule has 1 aliphatic rings. The number of aliphatic carboxylic acids is 1. The molecular formula is C28H38O8. The van der Waals surface area contributed by atoms with Crippen LogP contribution < -0.4 is 9.47 Å². The van der Waals surface area contributed by atoms with Gasteiger partial charge < -0.3 is 33.5 Å². The summed E-state index contributed by atoms with van der Waals surface area (Å²) < 4.78 is 35.1. The van der Waals surface area contributed by atoms with Gasteiger partial charge in [0.15, 0.2) is 6.29 Å². The van der Waals surface area contributed by atoms with E-state index in [2.05, 4.69) is 13.8 Å². The van der Waals surface area contributed by atoms with Gasteiger partial charge in [0.25, 0.3) is 0 Å². The van der Waals surface area contributed by atoms with Crippen LogP contribution in [0.5, 0.6) is 11.5 Å². The molecule has 2 unspecified atom stereocenters. The largest absolute Gasteiger partial charge is 0.497 e. The molecule has 36 heavy (non-hydrogen) atoms. The Morgan fingerprint density at radius 3 is 2.00 bits per heavy atom. The van der Waals surface area contributed by atoms with Gasteiger partial charge in [-0.1, -0.05) is 38.1 Å². The van der Waals surface area contributed by atoms with Gasteiger partial charge in [-0.2, -0.15) is 0 Å². The second kappa shape index (κ2) is 14.2. The van der Waals surface area contributed by atoms with Gasteiger partial charge in [-0.05, 0) is 53.6 Å². The third-order valence-electron chi connectivity index (χ3n) is 6.64. The molecular weight excluding hydrogens is 464 g/mol. The van der Waals surface area contributed by atoms with E-state index in [1.54, 1.807) is 14.2 Å². The van der Waals surface area contributed by atoms with Gasteiger partial charge in [0.1, 0.15) is 17.6 Å². The van der Waals surface area contributed by atoms with Gasteiger partial charge in [0, 0.05) is 6.42 Å². The molecule has 3 rings (SSSR count). The molecule has 5 atom stereocenters. The summed E-state index contributed by atoms with van der Waals surface area (Å²) >= 11 is 0. The lowest BCUT2D eigenvalue weighted by atomic mass is 9.83. The van der Waals surface area contributed by atoms with Crippen LogP contribution in [0.25, 0.3) is 0 Å². The number of hydrogen-bond acceptors (Lipinski definition) is 7. The molecule has 1 heterocycles. The molecule has 198 valence electrons. The number of carboxylic acid groups (broad SMARTS) is 1. The fourth-order valence-corrected chi connectivity index (χ4v) is 4.17. The number of hydrogen-bond donors (Lipinski definition) is 1. The van der Waals surface area contributed by atoms with Crippen molar-refractivity contribution in [3.63, 3.8) is 0 Å². The van der Waals surface area contributed by atoms with Crippen LogP contribution in [0.2, 0.25) is 0 Å². The molecule has 0 aromatic heterocycles. The van der Waals surface area contributed by atoms with Crippen molar-refractivity contribution < 1.29 is 38.3 Å². The van der Waals surface area contributed by atoms with E-state index in [1.807, 2.05) is 48.5 Å². The number of ether oxygens (including phenoxy) is 6. The minimum Gasteiger partial charge on any atom is -0.497 e. The van der Waals surface area contributed by atoms with Gasteiger partial charge in [-0.3, -0.25) is 4.79 Å². The van der Waals surface area contributed by atoms with Crippen molar-refractivity contribution in [3.05, 3.63) is 59.7 Å². The summed E-state index contributed by atoms with van der Waals surface area (Å²) in [6.45, 7) is 5.83. The molecule has 0 spiro atoms. The minimum atomic E-state index is -0.845. The lowest BCUT2D eigenvalue weighted by molar-refractivity contribution is -0.289. The third kappa shape index (κ3) is 8.20. The molecule has 2 aromatic rings. The summed E-state index contributed by atoms with van der Waals surface area (Å²) in [5, 5.41) is 8.95. The molecule has 8 heteroatoms. The average molecular weight is 503 g/mol. The van der Waals surface area contributed by atoms with Crippen molar-refractivity contribution in [2.45, 2.75) is 58.4 Å². The normalized spacial score (nSPS) is 23.8. The topological polar surface area (TPSA) is 92.7 Å². The van der Waals surface area contributed by atoms with Gasteiger partial charge in [0.2, 0.25) is 0 Å². The molecule has 0 bridgehead atoms. The standard InChI is InChI=1S/C28H38O8/c1-19-20(2)27(35-17-22-9-13-24(32-4)14-10-22)28(34-15-5-6-26(29)30)36-25(19)18-33-16-21-7-11-23(31-3)12-8-21/h7-14,19-20,25,27-28H,5-6,15-18H2,1-4H3,(H,29,30)/t19-,20-,25?,27?,28+/m0/s1. The van der Waals surface area contributed by atoms with Crippen LogP contribution in [0, 0.1) is 11.8 Å². The number of rotatable bonds is 14. The van der Waals surface area contributed by atoms with Gasteiger partial charge in [0.05, 0.1) is 46.8 Å². The maximum atomic E-state index is 10.9. The zero-order chi connectivity index (χ0) is 25.9. The summed E-state index contributed by atoms with van der Waals surface area (Å²) in [5.74, 6) is 1.05. The SMILES string of the molecule is COc1ccc(COCC2O[C@@H](OCCCC(=O)O)C(OCc3ccc(OC)cc3)[C@@H](C)[C@@H]2C)cc1. The van der Waals surface area contributed by atoms with Crippen molar-refractivity contribution in [3.8, 4) is 11.5 Å². The highest BCUT2D eigenvalue weighted by Gasteiger charge is 2.43. The van der Waals surface area contributed by atoms with Crippen LogP contribution in [-0.2, 0) is 37.0 Å². The highest BCUT2D eigenvalue weighted by atomic mass is 16.7. The molecule has 2 aromatic carbocycles. The van der Waals surface area contributed by atoms with Crippen molar-refractivity contribution in [2.24, 2.45) is 11.8 Å². The maximum Gasteiger partial charge on any atom is 0.303 e. The van der Waals surface area contributed by atoms with Crippen LogP contribution in [-0.4, -0.2) is 57.0 Å². The van der Waals surface area contributed by atoms with Crippen LogP contribution in [0.1, 0.15) is 37.8 Å². The van der Waals surface area contributed by atoms with Gasteiger partial charge >= 0.3 is 5.97 Å². The molecule has 8 nitrogen and oxygen atoms in total. The third-order valence-corrected chi connectivity index (χ3v) is 6.64. The Morgan fingerprint density at radius 2 is 1.44 bits per heavy atom. The monoisotopic (exact) mass is 502 g/mol. The Morgan fingerprint density at radius 1 is 0.861 bits per heavy atom. The van der Waals surface area contributed by atoms with Gasteiger partial charge in [-0.15, -0.1) is 0 Å². The molecule has 1 aliphatic heterocycles. The van der Waals surface area contributed by atoms with E-state index in [-0.39, 0.29) is 37.1 Å². The molecule has 1 N–H and O–H groups in total. The van der Waals surface area contributed by atoms with Crippen molar-refractivity contribution in [1.82, 2.24) is 0 Å². The Kier molecular flexibility index (Phi) is 11.0. The fourth-order valence-electron chi connectivity index (χ4n) is 4.17. The Hall–Kier alpha value is -2.65. The van der Waals surface area contributed by atoms with E-state index >= 15 is 0 Å². The summed E-state index contributed by atoms with van der Waals surface area (Å²) in [4.78, 5) is 10.9. The predicted octanol–water partition coefficient (Wildman–Crippen LogP) is 4.68. The highest BCUT2D eigenvalue weighted by Crippen LogP contribution is 2.34. The highest BCUT2D eigenvalue weighted by molar-refractivity contribution is 5.66. The molecule has 1 fully saturated rings. The minimum absolute atomic E-state index is 0.0461. The summed E-state index contributed by atoms with van der Waals surface area (Å²) in [6.07, 6.45) is -0.640. The van der Waals surface area contributed by atoms with E-state index < -0.39 is 12.3 Å². The number of methoxy groups -OCH3 is 2. The van der Waals surface area contributed by atoms with E-state index in [4.69, 9.17) is 33.5 Å². The second-order valence-electron chi connectivity index (χ2n) is 9.12. The first-order chi connectivity index (χ1) is 17.4. The number of carbonyl (C=O) groups is 1. The molecule has 0 saturated carbocycles. The van der Waals surface area contributed by atoms with Crippen LogP contribution >= 0.6 is 0 Å². The zero-order valence-corrected chi connectivity index (χ0v) is 21.6. The molecule has 1 saturated heterocycles. The quantitative estimate of drug-likeness (QED) is 0.372. The average Bonchev–Trinajstić information content (AvgIpc) is 2.89. The van der Waals surface area contributed by atoms with E-state index in [9.17, 15) is 4.79 Å². The fraction of sp³-hybridized carbons (Fsp3) is 0.536. The van der Waals surface area contributed by atoms with Crippen LogP contribution in [0.4, 0.5) is 0 Å². The van der Waals surface area contributed by atoms with Crippen molar-refractivity contribution >= 4 is 5.97 Å². The summed E-state index contributed by atoms with van der Waals surface area (Å²) in [6, 6.07) is 15.5. The molecule has 0 aliphatic carbocycles. The number of carboxylic acids is 1. The Labute approximate surface area is 213 Å². The first kappa shape index (κ1) is 27.9. The number of benzene rings is 2. The van der Waals surface area contributed by atoms with E-state index in [1.165, 1.54) is 0 Å². The van der Waals surface area contributed by atoms with Crippen molar-refractivity contribution in [2.75, 3.05) is 27.4 Å². The van der Waals surface area contributed by atoms with Gasteiger partial charge in [-0.25, -0.2) is 0 Å². The summed E-state index contributed by atoms with van der Waals surface area (Å²) in [5.41, 5.74) is 2.07. The van der Waals surface area contributed by atoms with Crippen LogP contribution in [0.3, 0.4) is 0 Å². The zero-order valence-electron chi connectivity index (χ0n) is 21.6. The van der Waals surface area contributed by atoms with E-state index in [0.29, 0.717) is 26.2 Å². The predicted molar refractivity (Wildman–Crippen MR) is 134 cm³/mol. The molecule has 0 radical (unpaired) electrons. The maximum absolute atomic E-state index is 10.9. The summed E-state index contributed by atoms with van der Waals surface area (Å²) in [7, 11) is 3.28. The molecule has 0 amide bonds. The first-order valence-corrected chi connectivity index (χ1v) is 12.3. The lowest BCUT2D eigenvalue weighted by Crippen LogP contribution is -2.52. The Balaban J connectivity index is 1.59. The van der Waals surface area contributed by atoms with E-state index in [0.717, 1.165) is 22.6 Å². The Bertz CT molecular complexity index is 912.